The monoisotopic (exact) mass is 379 g/mol. The first-order valence-corrected chi connectivity index (χ1v) is 11.7. The lowest BCUT2D eigenvalue weighted by Crippen LogP contribution is -2.43. The minimum absolute atomic E-state index is 0.0412. The Balaban J connectivity index is 2.78. The van der Waals surface area contributed by atoms with Crippen molar-refractivity contribution in [1.29, 1.82) is 0 Å². The molecule has 0 aliphatic carbocycles. The second-order valence-electron chi connectivity index (χ2n) is 8.23. The molecule has 0 atom stereocenters. The molecule has 0 radical (unpaired) electrons. The number of nitrogens with zero attached hydrogens (tertiary/aromatic N) is 5. The van der Waals surface area contributed by atoms with Crippen molar-refractivity contribution in [1.82, 2.24) is 14.5 Å². The highest BCUT2D eigenvalue weighted by Gasteiger charge is 2.36. The molecule has 0 saturated heterocycles. The predicted molar refractivity (Wildman–Crippen MR) is 103 cm³/mol. The van der Waals surface area contributed by atoms with Crippen LogP contribution in [0.15, 0.2) is 6.33 Å². The van der Waals surface area contributed by atoms with E-state index in [0.29, 0.717) is 16.4 Å². The van der Waals surface area contributed by atoms with E-state index < -0.39 is 24.7 Å². The van der Waals surface area contributed by atoms with E-state index in [-0.39, 0.29) is 11.5 Å². The normalized spacial score (nSPS) is 12.3. The van der Waals surface area contributed by atoms with Crippen LogP contribution in [0.5, 0.6) is 0 Å². The molecule has 10 heteroatoms. The zero-order valence-electron chi connectivity index (χ0n) is 16.4. The summed E-state index contributed by atoms with van der Waals surface area (Å²) >= 11 is 0. The summed E-state index contributed by atoms with van der Waals surface area (Å²) in [7, 11) is 1.03. The van der Waals surface area contributed by atoms with Crippen molar-refractivity contribution < 1.29 is 14.5 Å². The Hall–Kier alpha value is -2.49. The van der Waals surface area contributed by atoms with Gasteiger partial charge in [0.25, 0.3) is 0 Å². The standard InChI is InChI=1S/C16H25N5O4Si/c1-16(2,3)25-15(22)20(5)13-10-11(19(4)9-17-10)12(21(23)24)14(18-13)26(6,7)8/h9H,1-8H3. The first kappa shape index (κ1) is 19.8. The number of ether oxygens (including phenoxy) is 1. The number of pyridine rings is 1. The molecule has 0 spiro atoms. The number of rotatable bonds is 3. The third-order valence-electron chi connectivity index (χ3n) is 3.69. The highest BCUT2D eigenvalue weighted by Crippen LogP contribution is 2.31. The maximum absolute atomic E-state index is 12.5. The molecule has 9 nitrogen and oxygen atoms in total. The fourth-order valence-electron chi connectivity index (χ4n) is 2.54. The first-order valence-electron chi connectivity index (χ1n) is 8.20. The van der Waals surface area contributed by atoms with Crippen molar-refractivity contribution in [2.24, 2.45) is 7.05 Å². The van der Waals surface area contributed by atoms with Crippen molar-refractivity contribution in [2.45, 2.75) is 46.0 Å². The summed E-state index contributed by atoms with van der Waals surface area (Å²) in [5.41, 5.74) is -0.0559. The van der Waals surface area contributed by atoms with Gasteiger partial charge in [0.2, 0.25) is 0 Å². The van der Waals surface area contributed by atoms with Gasteiger partial charge in [-0.25, -0.2) is 14.8 Å². The predicted octanol–water partition coefficient (Wildman–Crippen LogP) is 2.79. The summed E-state index contributed by atoms with van der Waals surface area (Å²) in [6.07, 6.45) is 0.895. The molecule has 1 amide bonds. The van der Waals surface area contributed by atoms with Gasteiger partial charge in [-0.15, -0.1) is 0 Å². The van der Waals surface area contributed by atoms with Crippen LogP contribution >= 0.6 is 0 Å². The average Bonchev–Trinajstić information content (AvgIpc) is 2.84. The lowest BCUT2D eigenvalue weighted by molar-refractivity contribution is -0.382. The zero-order chi connectivity index (χ0) is 20.0. The number of imidazole rings is 1. The summed E-state index contributed by atoms with van der Waals surface area (Å²) in [4.78, 5) is 33.9. The highest BCUT2D eigenvalue weighted by molar-refractivity contribution is 6.89. The maximum atomic E-state index is 12.5. The molecule has 0 aromatic carbocycles. The molecule has 2 rings (SSSR count). The van der Waals surface area contributed by atoms with Gasteiger partial charge < -0.3 is 9.30 Å². The quantitative estimate of drug-likeness (QED) is 0.461. The molecule has 0 saturated carbocycles. The molecule has 2 aromatic rings. The van der Waals surface area contributed by atoms with Crippen molar-refractivity contribution in [2.75, 3.05) is 11.9 Å². The van der Waals surface area contributed by atoms with Crippen LogP contribution in [0, 0.1) is 10.1 Å². The molecule has 142 valence electrons. The Bertz CT molecular complexity index is 879. The smallest absolute Gasteiger partial charge is 0.415 e. The van der Waals surface area contributed by atoms with E-state index in [2.05, 4.69) is 9.97 Å². The van der Waals surface area contributed by atoms with Crippen molar-refractivity contribution in [3.63, 3.8) is 0 Å². The van der Waals surface area contributed by atoms with E-state index in [0.717, 1.165) is 0 Å². The number of carbonyl (C=O) groups is 1. The summed E-state index contributed by atoms with van der Waals surface area (Å²) < 4.78 is 6.99. The zero-order valence-corrected chi connectivity index (χ0v) is 17.4. The summed E-state index contributed by atoms with van der Waals surface area (Å²) in [6, 6.07) is 0. The number of nitro groups is 1. The highest BCUT2D eigenvalue weighted by atomic mass is 28.3. The fourth-order valence-corrected chi connectivity index (χ4v) is 3.91. The van der Waals surface area contributed by atoms with Crippen LogP contribution in [0.25, 0.3) is 11.0 Å². The number of fused-ring (bicyclic) bond motifs is 1. The van der Waals surface area contributed by atoms with Crippen LogP contribution in [0.1, 0.15) is 20.8 Å². The Labute approximate surface area is 153 Å². The van der Waals surface area contributed by atoms with Gasteiger partial charge >= 0.3 is 11.8 Å². The summed E-state index contributed by atoms with van der Waals surface area (Å²) in [6.45, 7) is 11.2. The van der Waals surface area contributed by atoms with Gasteiger partial charge in [-0.3, -0.25) is 15.0 Å². The van der Waals surface area contributed by atoms with Gasteiger partial charge in [0, 0.05) is 14.1 Å². The van der Waals surface area contributed by atoms with Crippen molar-refractivity contribution in [3.8, 4) is 0 Å². The average molecular weight is 379 g/mol. The van der Waals surface area contributed by atoms with E-state index in [1.54, 1.807) is 32.4 Å². The number of aryl methyl sites for hydroxylation is 1. The van der Waals surface area contributed by atoms with E-state index in [4.69, 9.17) is 4.74 Å². The molecular formula is C16H25N5O4Si. The van der Waals surface area contributed by atoms with Crippen LogP contribution in [0.3, 0.4) is 0 Å². The minimum Gasteiger partial charge on any atom is -0.443 e. The number of carbonyl (C=O) groups excluding carboxylic acids is 1. The molecule has 0 unspecified atom stereocenters. The lowest BCUT2D eigenvalue weighted by atomic mass is 10.2. The van der Waals surface area contributed by atoms with Gasteiger partial charge in [0.1, 0.15) is 24.5 Å². The van der Waals surface area contributed by atoms with Gasteiger partial charge in [0.05, 0.1) is 11.3 Å². The van der Waals surface area contributed by atoms with Crippen molar-refractivity contribution in [3.05, 3.63) is 16.4 Å². The lowest BCUT2D eigenvalue weighted by Gasteiger charge is -2.25. The number of hydrogen-bond acceptors (Lipinski definition) is 6. The van der Waals surface area contributed by atoms with Crippen molar-refractivity contribution >= 4 is 42.0 Å². The molecule has 2 heterocycles. The molecule has 0 N–H and O–H groups in total. The fraction of sp³-hybridized carbons (Fsp3) is 0.562. The van der Waals surface area contributed by atoms with Gasteiger partial charge in [0.15, 0.2) is 11.3 Å². The largest absolute Gasteiger partial charge is 0.443 e. The van der Waals surface area contributed by atoms with E-state index in [9.17, 15) is 14.9 Å². The van der Waals surface area contributed by atoms with Crippen LogP contribution in [-0.4, -0.2) is 46.3 Å². The van der Waals surface area contributed by atoms with Crippen LogP contribution in [0.2, 0.25) is 19.6 Å². The second-order valence-corrected chi connectivity index (χ2v) is 13.2. The second kappa shape index (κ2) is 6.34. The Morgan fingerprint density at radius 3 is 2.38 bits per heavy atom. The molecule has 0 aliphatic heterocycles. The number of anilines is 1. The van der Waals surface area contributed by atoms with Crippen LogP contribution < -0.4 is 10.2 Å². The maximum Gasteiger partial charge on any atom is 0.415 e. The van der Waals surface area contributed by atoms with E-state index >= 15 is 0 Å². The molecular weight excluding hydrogens is 354 g/mol. The first-order chi connectivity index (χ1) is 11.7. The number of hydrogen-bond donors (Lipinski definition) is 0. The third-order valence-corrected chi connectivity index (χ3v) is 5.46. The SMILES string of the molecule is CN(C(=O)OC(C)(C)C)c1nc([Si](C)(C)C)c([N+](=O)[O-])c2c1ncn2C. The van der Waals surface area contributed by atoms with Gasteiger partial charge in [-0.2, -0.15) is 0 Å². The minimum atomic E-state index is -2.19. The third kappa shape index (κ3) is 3.69. The van der Waals surface area contributed by atoms with E-state index in [1.165, 1.54) is 18.3 Å². The number of aromatic nitrogens is 3. The number of amides is 1. The molecule has 0 fully saturated rings. The molecule has 0 bridgehead atoms. The van der Waals surface area contributed by atoms with Gasteiger partial charge in [-0.05, 0) is 20.8 Å². The van der Waals surface area contributed by atoms with E-state index in [1.807, 2.05) is 19.6 Å². The Morgan fingerprint density at radius 1 is 1.35 bits per heavy atom. The molecule has 0 aliphatic rings. The Morgan fingerprint density at radius 2 is 1.92 bits per heavy atom. The topological polar surface area (TPSA) is 103 Å². The molecule has 26 heavy (non-hydrogen) atoms. The van der Waals surface area contributed by atoms with Crippen LogP contribution in [-0.2, 0) is 11.8 Å². The van der Waals surface area contributed by atoms with Gasteiger partial charge in [-0.1, -0.05) is 19.6 Å². The summed E-state index contributed by atoms with van der Waals surface area (Å²) in [5.74, 6) is 0.262. The van der Waals surface area contributed by atoms with Crippen LogP contribution in [0.4, 0.5) is 16.3 Å². The Kier molecular flexibility index (Phi) is 4.84. The molecule has 2 aromatic heterocycles. The summed E-state index contributed by atoms with van der Waals surface area (Å²) in [5, 5.41) is 12.2.